The number of piperazine rings is 1. The van der Waals surface area contributed by atoms with Crippen LogP contribution in [0, 0.1) is 5.82 Å². The van der Waals surface area contributed by atoms with Crippen molar-refractivity contribution >= 4 is 28.8 Å². The van der Waals surface area contributed by atoms with E-state index in [1.807, 2.05) is 4.90 Å². The molecule has 1 aliphatic carbocycles. The zero-order chi connectivity index (χ0) is 41.1. The normalized spacial score (nSPS) is 25.0. The highest BCUT2D eigenvalue weighted by molar-refractivity contribution is 5.92. The van der Waals surface area contributed by atoms with Crippen molar-refractivity contribution in [1.29, 1.82) is 0 Å². The molecule has 4 saturated heterocycles. The number of ether oxygens (including phenoxy) is 3. The van der Waals surface area contributed by atoms with Crippen LogP contribution in [-0.4, -0.2) is 105 Å². The van der Waals surface area contributed by atoms with Crippen LogP contribution >= 0.6 is 0 Å². The number of nitrogens with zero attached hydrogens (tertiary/aromatic N) is 6. The van der Waals surface area contributed by atoms with Crippen molar-refractivity contribution in [3.05, 3.63) is 35.3 Å². The smallest absolute Gasteiger partial charge is 0.413 e. The quantitative estimate of drug-likeness (QED) is 0.0846. The first kappa shape index (κ1) is 41.4. The molecule has 320 valence electrons. The second-order valence-corrected chi connectivity index (χ2v) is 17.6. The SMILES string of the molecule is CCCCCCCCCC(=O)OCOC(=O)N1[C@@H]2CC[C@H]1CN(c1nc(OC[C@@]34CCCN3C[C@H](F)C4)nc3c(F)c(-c4cc(O)cc5c4C(CC)CCC5)ncc13)C2. The molecule has 4 fully saturated rings. The maximum atomic E-state index is 17.2. The number of carbonyl (C=O) groups is 2. The number of rotatable bonds is 16. The van der Waals surface area contributed by atoms with Gasteiger partial charge in [0.25, 0.3) is 0 Å². The van der Waals surface area contributed by atoms with Crippen molar-refractivity contribution < 1.29 is 37.7 Å². The highest BCUT2D eigenvalue weighted by atomic mass is 19.1. The van der Waals surface area contributed by atoms with Gasteiger partial charge in [-0.2, -0.15) is 9.97 Å². The molecular weight excluding hydrogens is 759 g/mol. The lowest BCUT2D eigenvalue weighted by molar-refractivity contribution is -0.152. The molecule has 2 aromatic heterocycles. The van der Waals surface area contributed by atoms with E-state index >= 15 is 4.39 Å². The molecule has 8 rings (SSSR count). The lowest BCUT2D eigenvalue weighted by Gasteiger charge is -2.41. The molecular formula is C45H60F2N6O6. The van der Waals surface area contributed by atoms with Gasteiger partial charge >= 0.3 is 18.1 Å². The molecule has 0 radical (unpaired) electrons. The van der Waals surface area contributed by atoms with Crippen LogP contribution in [0.4, 0.5) is 19.4 Å². The van der Waals surface area contributed by atoms with Crippen LogP contribution in [0.3, 0.4) is 0 Å². The van der Waals surface area contributed by atoms with E-state index in [1.54, 1.807) is 23.2 Å². The summed E-state index contributed by atoms with van der Waals surface area (Å²) < 4.78 is 49.0. The number of hydrogen-bond acceptors (Lipinski definition) is 11. The number of halogens is 2. The molecule has 12 nitrogen and oxygen atoms in total. The molecule has 5 atom stereocenters. The standard InChI is InChI=1S/C45H60F2N6O6/c1-3-5-6-7-8-9-10-15-37(55)58-28-59-44(56)53-32-16-17-33(53)26-51(25-32)42-36-23-48-40(35-21-34(54)20-30-14-11-13-29(4-2)38(30)35)39(47)41(36)49-43(50-42)57-27-45-18-12-19-52(45)24-31(46)22-45/h20-21,23,29,31-33,54H,3-19,22,24-28H2,1-2H3/t29?,31-,32-,33+,45+/m1/s1. The fraction of sp³-hybridized carbons (Fsp3) is 0.667. The Morgan fingerprint density at radius 3 is 2.53 bits per heavy atom. The molecule has 4 aliphatic heterocycles. The lowest BCUT2D eigenvalue weighted by atomic mass is 9.78. The fourth-order valence-corrected chi connectivity index (χ4v) is 10.7. The zero-order valence-corrected chi connectivity index (χ0v) is 34.7. The Morgan fingerprint density at radius 2 is 1.75 bits per heavy atom. The lowest BCUT2D eigenvalue weighted by Crippen LogP contribution is -2.56. The highest BCUT2D eigenvalue weighted by Crippen LogP contribution is 2.45. The average Bonchev–Trinajstić information content (AvgIpc) is 3.85. The van der Waals surface area contributed by atoms with Crippen LogP contribution in [0.15, 0.2) is 18.3 Å². The molecule has 59 heavy (non-hydrogen) atoms. The van der Waals surface area contributed by atoms with Crippen LogP contribution < -0.4 is 9.64 Å². The molecule has 0 saturated carbocycles. The van der Waals surface area contributed by atoms with Crippen LogP contribution in [0.1, 0.15) is 134 Å². The average molecular weight is 819 g/mol. The highest BCUT2D eigenvalue weighted by Gasteiger charge is 2.50. The number of pyridine rings is 1. The number of amides is 1. The van der Waals surface area contributed by atoms with Gasteiger partial charge in [-0.05, 0) is 93.5 Å². The third kappa shape index (κ3) is 8.65. The first-order valence-corrected chi connectivity index (χ1v) is 22.3. The number of aromatic hydroxyl groups is 1. The number of hydrogen-bond donors (Lipinski definition) is 1. The van der Waals surface area contributed by atoms with Gasteiger partial charge in [-0.1, -0.05) is 52.4 Å². The summed E-state index contributed by atoms with van der Waals surface area (Å²) in [7, 11) is 0. The maximum absolute atomic E-state index is 17.2. The van der Waals surface area contributed by atoms with E-state index in [-0.39, 0.29) is 53.5 Å². The minimum Gasteiger partial charge on any atom is -0.508 e. The van der Waals surface area contributed by atoms with Crippen molar-refractivity contribution in [1.82, 2.24) is 24.8 Å². The Bertz CT molecular complexity index is 1990. The Balaban J connectivity index is 1.02. The first-order chi connectivity index (χ1) is 28.7. The van der Waals surface area contributed by atoms with Gasteiger partial charge < -0.3 is 24.2 Å². The number of anilines is 1. The molecule has 1 unspecified atom stereocenters. The number of phenolic OH excluding ortho intramolecular Hbond substituents is 1. The molecule has 1 amide bonds. The molecule has 3 aromatic rings. The van der Waals surface area contributed by atoms with Crippen molar-refractivity contribution in [2.45, 2.75) is 153 Å². The summed E-state index contributed by atoms with van der Waals surface area (Å²) in [6.07, 6.45) is 15.4. The van der Waals surface area contributed by atoms with Gasteiger partial charge in [0.05, 0.1) is 23.0 Å². The van der Waals surface area contributed by atoms with Gasteiger partial charge in [0, 0.05) is 44.2 Å². The Labute approximate surface area is 346 Å². The van der Waals surface area contributed by atoms with E-state index in [9.17, 15) is 19.1 Å². The summed E-state index contributed by atoms with van der Waals surface area (Å²) in [5, 5.41) is 11.2. The number of aromatic nitrogens is 3. The van der Waals surface area contributed by atoms with E-state index in [4.69, 9.17) is 24.2 Å². The second-order valence-electron chi connectivity index (χ2n) is 17.6. The Hall–Kier alpha value is -4.33. The van der Waals surface area contributed by atoms with E-state index in [2.05, 4.69) is 23.7 Å². The summed E-state index contributed by atoms with van der Waals surface area (Å²) >= 11 is 0. The number of alkyl halides is 1. The molecule has 0 spiro atoms. The molecule has 6 heterocycles. The second kappa shape index (κ2) is 18.1. The zero-order valence-electron chi connectivity index (χ0n) is 34.7. The Kier molecular flexibility index (Phi) is 12.7. The maximum Gasteiger partial charge on any atom is 0.413 e. The van der Waals surface area contributed by atoms with E-state index in [1.165, 1.54) is 25.7 Å². The summed E-state index contributed by atoms with van der Waals surface area (Å²) in [4.78, 5) is 45.9. The van der Waals surface area contributed by atoms with Crippen molar-refractivity contribution in [3.63, 3.8) is 0 Å². The van der Waals surface area contributed by atoms with Gasteiger partial charge in [-0.15, -0.1) is 0 Å². The van der Waals surface area contributed by atoms with E-state index in [0.717, 1.165) is 88.3 Å². The number of unbranched alkanes of at least 4 members (excludes halogenated alkanes) is 6. The predicted octanol–water partition coefficient (Wildman–Crippen LogP) is 8.75. The van der Waals surface area contributed by atoms with Crippen LogP contribution in [0.2, 0.25) is 0 Å². The third-order valence-electron chi connectivity index (χ3n) is 13.7. The van der Waals surface area contributed by atoms with Gasteiger partial charge in [0.1, 0.15) is 35.6 Å². The van der Waals surface area contributed by atoms with Gasteiger partial charge in [-0.25, -0.2) is 13.6 Å². The first-order valence-electron chi connectivity index (χ1n) is 22.3. The third-order valence-corrected chi connectivity index (χ3v) is 13.7. The monoisotopic (exact) mass is 818 g/mol. The number of benzene rings is 1. The van der Waals surface area contributed by atoms with Crippen molar-refractivity contribution in [3.8, 4) is 23.0 Å². The van der Waals surface area contributed by atoms with Crippen LogP contribution in [0.5, 0.6) is 11.8 Å². The van der Waals surface area contributed by atoms with Crippen molar-refractivity contribution in [2.24, 2.45) is 0 Å². The predicted molar refractivity (Wildman–Crippen MR) is 220 cm³/mol. The summed E-state index contributed by atoms with van der Waals surface area (Å²) in [6.45, 7) is 6.06. The molecule has 2 bridgehead atoms. The van der Waals surface area contributed by atoms with Gasteiger partial charge in [0.2, 0.25) is 6.79 Å². The molecule has 1 aromatic carbocycles. The van der Waals surface area contributed by atoms with Crippen molar-refractivity contribution in [2.75, 3.05) is 44.5 Å². The minimum atomic E-state index is -0.932. The minimum absolute atomic E-state index is 0.00366. The fourth-order valence-electron chi connectivity index (χ4n) is 10.7. The van der Waals surface area contributed by atoms with Gasteiger partial charge in [-0.3, -0.25) is 19.6 Å². The summed E-state index contributed by atoms with van der Waals surface area (Å²) in [6, 6.07) is 2.97. The number of fused-ring (bicyclic) bond motifs is 5. The molecule has 5 aliphatic rings. The summed E-state index contributed by atoms with van der Waals surface area (Å²) in [5.74, 6) is -0.260. The molecule has 1 N–H and O–H groups in total. The largest absolute Gasteiger partial charge is 0.508 e. The van der Waals surface area contributed by atoms with Gasteiger partial charge in [0.15, 0.2) is 5.82 Å². The van der Waals surface area contributed by atoms with Crippen LogP contribution in [-0.2, 0) is 20.7 Å². The van der Waals surface area contributed by atoms with Crippen LogP contribution in [0.25, 0.3) is 22.2 Å². The van der Waals surface area contributed by atoms with E-state index < -0.39 is 30.4 Å². The topological polar surface area (TPSA) is 130 Å². The summed E-state index contributed by atoms with van der Waals surface area (Å²) in [5.41, 5.74) is 2.33. The number of carbonyl (C=O) groups excluding carboxylic acids is 2. The number of phenols is 1. The number of aryl methyl sites for hydroxylation is 1. The number of esters is 1. The van der Waals surface area contributed by atoms with E-state index in [0.29, 0.717) is 49.2 Å². The Morgan fingerprint density at radius 1 is 0.966 bits per heavy atom. The molecule has 14 heteroatoms.